The normalized spacial score (nSPS) is 9.92. The van der Waals surface area contributed by atoms with Crippen LogP contribution in [0.15, 0.2) is 55.1 Å². The molecule has 124 valence electrons. The number of ether oxygens (including phenoxy) is 1. The van der Waals surface area contributed by atoms with Gasteiger partial charge in [0.1, 0.15) is 12.4 Å². The fraction of sp³-hybridized carbons (Fsp3) is 0.0588. The number of hydrogen-bond acceptors (Lipinski definition) is 3. The highest BCUT2D eigenvalue weighted by Crippen LogP contribution is 2.19. The van der Waals surface area contributed by atoms with Crippen LogP contribution in [0, 0.1) is 0 Å². The number of anilines is 1. The first-order chi connectivity index (χ1) is 11.5. The van der Waals surface area contributed by atoms with Crippen molar-refractivity contribution in [2.24, 2.45) is 0 Å². The van der Waals surface area contributed by atoms with Crippen molar-refractivity contribution in [3.63, 3.8) is 0 Å². The topological polar surface area (TPSA) is 50.4 Å². The molecule has 7 heteroatoms. The van der Waals surface area contributed by atoms with Gasteiger partial charge in [0, 0.05) is 27.4 Å². The molecule has 0 heterocycles. The molecule has 0 saturated heterocycles. The second kappa shape index (κ2) is 8.68. The molecule has 0 aliphatic rings. The lowest BCUT2D eigenvalue weighted by molar-refractivity contribution is 0.0977. The Morgan fingerprint density at radius 3 is 2.58 bits per heavy atom. The lowest BCUT2D eigenvalue weighted by Gasteiger charge is -2.11. The number of carbonyl (C=O) groups is 1. The number of halogens is 2. The van der Waals surface area contributed by atoms with Crippen LogP contribution in [-0.4, -0.2) is 17.6 Å². The van der Waals surface area contributed by atoms with E-state index in [1.165, 1.54) is 12.1 Å². The molecule has 2 rings (SSSR count). The number of benzene rings is 2. The summed E-state index contributed by atoms with van der Waals surface area (Å²) >= 11 is 16.9. The van der Waals surface area contributed by atoms with Crippen LogP contribution >= 0.6 is 35.4 Å². The van der Waals surface area contributed by atoms with Crippen LogP contribution in [0.1, 0.15) is 10.4 Å². The van der Waals surface area contributed by atoms with Crippen LogP contribution < -0.4 is 15.4 Å². The lowest BCUT2D eigenvalue weighted by Crippen LogP contribution is -2.34. The molecule has 0 aliphatic carbocycles. The molecule has 2 aromatic carbocycles. The molecule has 2 aromatic rings. The molecule has 0 atom stereocenters. The van der Waals surface area contributed by atoms with Crippen LogP contribution in [0.2, 0.25) is 10.0 Å². The summed E-state index contributed by atoms with van der Waals surface area (Å²) in [6.45, 7) is 4.00. The fourth-order valence-corrected chi connectivity index (χ4v) is 2.58. The zero-order valence-electron chi connectivity index (χ0n) is 12.5. The summed E-state index contributed by atoms with van der Waals surface area (Å²) < 4.78 is 5.44. The molecule has 0 aromatic heterocycles. The molecule has 0 bridgehead atoms. The Balaban J connectivity index is 2.00. The number of rotatable bonds is 5. The van der Waals surface area contributed by atoms with Crippen LogP contribution in [-0.2, 0) is 0 Å². The van der Waals surface area contributed by atoms with Crippen LogP contribution in [0.25, 0.3) is 0 Å². The van der Waals surface area contributed by atoms with Crippen LogP contribution in [0.5, 0.6) is 5.75 Å². The minimum absolute atomic E-state index is 0.150. The van der Waals surface area contributed by atoms with Crippen molar-refractivity contribution in [1.29, 1.82) is 0 Å². The quantitative estimate of drug-likeness (QED) is 0.583. The largest absolute Gasteiger partial charge is 0.489 e. The maximum absolute atomic E-state index is 12.2. The van der Waals surface area contributed by atoms with E-state index < -0.39 is 5.91 Å². The van der Waals surface area contributed by atoms with E-state index in [9.17, 15) is 4.79 Å². The number of nitrogens with one attached hydrogen (secondary N) is 2. The number of amides is 1. The van der Waals surface area contributed by atoms with Gasteiger partial charge in [-0.1, -0.05) is 41.9 Å². The van der Waals surface area contributed by atoms with Crippen molar-refractivity contribution in [3.8, 4) is 5.75 Å². The summed E-state index contributed by atoms with van der Waals surface area (Å²) in [4.78, 5) is 12.2. The van der Waals surface area contributed by atoms with E-state index in [2.05, 4.69) is 17.2 Å². The van der Waals surface area contributed by atoms with Gasteiger partial charge in [-0.2, -0.15) is 0 Å². The average molecular weight is 381 g/mol. The summed E-state index contributed by atoms with van der Waals surface area (Å²) in [5.74, 6) is 0.256. The lowest BCUT2D eigenvalue weighted by atomic mass is 10.2. The summed E-state index contributed by atoms with van der Waals surface area (Å²) in [5.41, 5.74) is 1.01. The van der Waals surface area contributed by atoms with Gasteiger partial charge in [-0.05, 0) is 42.5 Å². The maximum Gasteiger partial charge on any atom is 0.257 e. The molecule has 2 N–H and O–H groups in total. The van der Waals surface area contributed by atoms with E-state index in [0.29, 0.717) is 33.7 Å². The summed E-state index contributed by atoms with van der Waals surface area (Å²) in [6, 6.07) is 11.7. The molecule has 0 radical (unpaired) electrons. The van der Waals surface area contributed by atoms with Gasteiger partial charge in [0.2, 0.25) is 0 Å². The minimum atomic E-state index is -0.407. The first-order valence-electron chi connectivity index (χ1n) is 6.90. The van der Waals surface area contributed by atoms with Gasteiger partial charge < -0.3 is 10.1 Å². The standard InChI is InChI=1S/C17H14Cl2N2O2S/c1-2-6-23-15-5-3-4-14(10-15)20-17(24)21-16(22)11-7-12(18)9-13(19)8-11/h2-5,7-10H,1,6H2,(H2,20,21,22,24). The Bertz CT molecular complexity index is 761. The predicted molar refractivity (Wildman–Crippen MR) is 102 cm³/mol. The van der Waals surface area contributed by atoms with Crippen molar-refractivity contribution in [1.82, 2.24) is 5.32 Å². The van der Waals surface area contributed by atoms with Gasteiger partial charge >= 0.3 is 0 Å². The number of carbonyl (C=O) groups excluding carboxylic acids is 1. The highest BCUT2D eigenvalue weighted by Gasteiger charge is 2.10. The molecule has 0 fully saturated rings. The monoisotopic (exact) mass is 380 g/mol. The molecular weight excluding hydrogens is 367 g/mol. The highest BCUT2D eigenvalue weighted by atomic mass is 35.5. The zero-order valence-corrected chi connectivity index (χ0v) is 14.8. The van der Waals surface area contributed by atoms with Gasteiger partial charge in [-0.15, -0.1) is 0 Å². The molecular formula is C17H14Cl2N2O2S. The fourth-order valence-electron chi connectivity index (χ4n) is 1.84. The molecule has 0 saturated carbocycles. The molecule has 4 nitrogen and oxygen atoms in total. The van der Waals surface area contributed by atoms with E-state index in [0.717, 1.165) is 0 Å². The smallest absolute Gasteiger partial charge is 0.257 e. The van der Waals surface area contributed by atoms with Gasteiger partial charge in [0.15, 0.2) is 5.11 Å². The third-order valence-electron chi connectivity index (χ3n) is 2.81. The van der Waals surface area contributed by atoms with Crippen LogP contribution in [0.4, 0.5) is 5.69 Å². The van der Waals surface area contributed by atoms with Crippen LogP contribution in [0.3, 0.4) is 0 Å². The first kappa shape index (κ1) is 18.3. The van der Waals surface area contributed by atoms with Crippen molar-refractivity contribution >= 4 is 52.1 Å². The maximum atomic E-state index is 12.2. The summed E-state index contributed by atoms with van der Waals surface area (Å²) in [5, 5.41) is 6.38. The van der Waals surface area contributed by atoms with E-state index in [1.54, 1.807) is 24.3 Å². The average Bonchev–Trinajstić information content (AvgIpc) is 2.52. The molecule has 0 spiro atoms. The van der Waals surface area contributed by atoms with Crippen molar-refractivity contribution in [3.05, 3.63) is 70.7 Å². The highest BCUT2D eigenvalue weighted by molar-refractivity contribution is 7.80. The van der Waals surface area contributed by atoms with Crippen molar-refractivity contribution < 1.29 is 9.53 Å². The van der Waals surface area contributed by atoms with Gasteiger partial charge in [0.05, 0.1) is 0 Å². The van der Waals surface area contributed by atoms with Gasteiger partial charge in [-0.3, -0.25) is 10.1 Å². The summed E-state index contributed by atoms with van der Waals surface area (Å²) in [6.07, 6.45) is 1.65. The Morgan fingerprint density at radius 2 is 1.92 bits per heavy atom. The zero-order chi connectivity index (χ0) is 17.5. The Kier molecular flexibility index (Phi) is 6.61. The summed E-state index contributed by atoms with van der Waals surface area (Å²) in [7, 11) is 0. The number of hydrogen-bond donors (Lipinski definition) is 2. The minimum Gasteiger partial charge on any atom is -0.489 e. The second-order valence-corrected chi connectivity index (χ2v) is 5.98. The SMILES string of the molecule is C=CCOc1cccc(NC(=S)NC(=O)c2cc(Cl)cc(Cl)c2)c1. The van der Waals surface area contributed by atoms with E-state index >= 15 is 0 Å². The number of thiocarbonyl (C=S) groups is 1. The Morgan fingerprint density at radius 1 is 1.21 bits per heavy atom. The molecule has 0 aliphatic heterocycles. The molecule has 0 unspecified atom stereocenters. The van der Waals surface area contributed by atoms with Gasteiger partial charge in [-0.25, -0.2) is 0 Å². The predicted octanol–water partition coefficient (Wildman–Crippen LogP) is 4.69. The second-order valence-electron chi connectivity index (χ2n) is 4.69. The Hall–Kier alpha value is -2.08. The van der Waals surface area contributed by atoms with Crippen molar-refractivity contribution in [2.75, 3.05) is 11.9 Å². The van der Waals surface area contributed by atoms with E-state index in [-0.39, 0.29) is 5.11 Å². The van der Waals surface area contributed by atoms with Gasteiger partial charge in [0.25, 0.3) is 5.91 Å². The first-order valence-corrected chi connectivity index (χ1v) is 8.06. The molecule has 1 amide bonds. The van der Waals surface area contributed by atoms with E-state index in [4.69, 9.17) is 40.2 Å². The molecule has 24 heavy (non-hydrogen) atoms. The Labute approximate surface area is 155 Å². The van der Waals surface area contributed by atoms with E-state index in [1.807, 2.05) is 12.1 Å². The van der Waals surface area contributed by atoms with Crippen molar-refractivity contribution in [2.45, 2.75) is 0 Å². The third-order valence-corrected chi connectivity index (χ3v) is 3.45. The third kappa shape index (κ3) is 5.53.